The zero-order valence-electron chi connectivity index (χ0n) is 13.3. The van der Waals surface area contributed by atoms with Crippen molar-refractivity contribution in [2.45, 2.75) is 6.42 Å². The van der Waals surface area contributed by atoms with Crippen LogP contribution in [0.1, 0.15) is 17.8 Å². The Bertz CT molecular complexity index is 914. The molecule has 0 spiro atoms. The quantitative estimate of drug-likeness (QED) is 0.790. The summed E-state index contributed by atoms with van der Waals surface area (Å²) < 4.78 is 32.3. The van der Waals surface area contributed by atoms with Crippen LogP contribution < -0.4 is 4.90 Å². The first-order valence-corrected chi connectivity index (χ1v) is 9.31. The molecule has 1 aliphatic heterocycles. The summed E-state index contributed by atoms with van der Waals surface area (Å²) in [7, 11) is -3.67. The van der Waals surface area contributed by atoms with Crippen molar-refractivity contribution in [3.05, 3.63) is 42.1 Å². The molecule has 10 heteroatoms. The molecule has 0 bridgehead atoms. The average molecular weight is 360 g/mol. The average Bonchev–Trinajstić information content (AvgIpc) is 3.01. The number of allylic oxidation sites excluding steroid dienone is 2. The second kappa shape index (κ2) is 6.37. The van der Waals surface area contributed by atoms with E-state index in [1.165, 1.54) is 4.31 Å². The third-order valence-corrected chi connectivity index (χ3v) is 6.15. The predicted molar refractivity (Wildman–Crippen MR) is 90.7 cm³/mol. The normalized spacial score (nSPS) is 18.6. The lowest BCUT2D eigenvalue weighted by Crippen LogP contribution is -2.49. The van der Waals surface area contributed by atoms with Crippen LogP contribution in [0.5, 0.6) is 0 Å². The first-order chi connectivity index (χ1) is 12.2. The molecule has 9 nitrogen and oxygen atoms in total. The van der Waals surface area contributed by atoms with Crippen molar-refractivity contribution in [1.29, 1.82) is 0 Å². The second-order valence-corrected chi connectivity index (χ2v) is 7.57. The molecule has 0 amide bonds. The molecule has 0 N–H and O–H groups in total. The molecular formula is C15H16N6O3S. The van der Waals surface area contributed by atoms with Gasteiger partial charge in [-0.25, -0.2) is 18.0 Å². The predicted octanol–water partition coefficient (Wildman–Crippen LogP) is 0.769. The highest BCUT2D eigenvalue weighted by molar-refractivity contribution is 7.98. The molecule has 25 heavy (non-hydrogen) atoms. The van der Waals surface area contributed by atoms with E-state index in [0.29, 0.717) is 38.3 Å². The maximum absolute atomic E-state index is 13.1. The minimum absolute atomic E-state index is 0.154. The Hall–Kier alpha value is -2.59. The molecule has 1 aliphatic carbocycles. The zero-order valence-corrected chi connectivity index (χ0v) is 14.1. The van der Waals surface area contributed by atoms with Gasteiger partial charge in [0.15, 0.2) is 5.69 Å². The molecule has 1 saturated heterocycles. The lowest BCUT2D eigenvalue weighted by Gasteiger charge is -2.34. The van der Waals surface area contributed by atoms with E-state index in [9.17, 15) is 8.42 Å². The minimum atomic E-state index is -3.67. The molecule has 1 fully saturated rings. The first-order valence-electron chi connectivity index (χ1n) is 7.87. The molecule has 2 aromatic rings. The van der Waals surface area contributed by atoms with Crippen LogP contribution in [-0.2, 0) is 10.0 Å². The third-order valence-electron chi connectivity index (χ3n) is 4.19. The van der Waals surface area contributed by atoms with Gasteiger partial charge in [-0.15, -0.1) is 0 Å². The van der Waals surface area contributed by atoms with Gasteiger partial charge in [-0.2, -0.15) is 4.31 Å². The zero-order chi connectivity index (χ0) is 17.3. The topological polar surface area (TPSA) is 105 Å². The van der Waals surface area contributed by atoms with Crippen molar-refractivity contribution in [3.63, 3.8) is 0 Å². The van der Waals surface area contributed by atoms with Gasteiger partial charge in [-0.05, 0) is 22.8 Å². The Balaban J connectivity index is 1.54. The van der Waals surface area contributed by atoms with Crippen molar-refractivity contribution in [2.75, 3.05) is 31.1 Å². The number of fused-ring (bicyclic) bond motifs is 1. The molecule has 3 heterocycles. The van der Waals surface area contributed by atoms with Gasteiger partial charge in [0, 0.05) is 38.6 Å². The van der Waals surface area contributed by atoms with E-state index >= 15 is 0 Å². The highest BCUT2D eigenvalue weighted by atomic mass is 32.2. The molecule has 0 atom stereocenters. The number of hydrogen-bond acceptors (Lipinski definition) is 8. The first kappa shape index (κ1) is 15.9. The molecule has 0 radical (unpaired) electrons. The van der Waals surface area contributed by atoms with Gasteiger partial charge < -0.3 is 4.90 Å². The van der Waals surface area contributed by atoms with Gasteiger partial charge in [0.25, 0.3) is 0 Å². The van der Waals surface area contributed by atoms with E-state index in [1.807, 2.05) is 11.0 Å². The van der Waals surface area contributed by atoms with Crippen LogP contribution in [0, 0.1) is 0 Å². The molecule has 0 unspecified atom stereocenters. The van der Waals surface area contributed by atoms with Crippen molar-refractivity contribution < 1.29 is 13.0 Å². The number of anilines is 1. The van der Waals surface area contributed by atoms with Gasteiger partial charge in [0.05, 0.1) is 6.20 Å². The van der Waals surface area contributed by atoms with E-state index in [0.717, 1.165) is 5.82 Å². The van der Waals surface area contributed by atoms with Crippen LogP contribution >= 0.6 is 0 Å². The summed E-state index contributed by atoms with van der Waals surface area (Å²) in [6.07, 6.45) is 10.6. The fourth-order valence-corrected chi connectivity index (χ4v) is 4.52. The fourth-order valence-electron chi connectivity index (χ4n) is 2.91. The van der Waals surface area contributed by atoms with Gasteiger partial charge >= 0.3 is 0 Å². The highest BCUT2D eigenvalue weighted by Gasteiger charge is 2.34. The summed E-state index contributed by atoms with van der Waals surface area (Å²) in [6, 6.07) is 0. The van der Waals surface area contributed by atoms with Crippen molar-refractivity contribution in [3.8, 4) is 0 Å². The van der Waals surface area contributed by atoms with Crippen LogP contribution in [-0.4, -0.2) is 59.2 Å². The lowest BCUT2D eigenvalue weighted by molar-refractivity contribution is 0.305. The summed E-state index contributed by atoms with van der Waals surface area (Å²) in [5.74, 6) is 0.750. The molecule has 2 aliphatic rings. The van der Waals surface area contributed by atoms with Crippen molar-refractivity contribution in [1.82, 2.24) is 24.6 Å². The Morgan fingerprint density at radius 2 is 1.92 bits per heavy atom. The van der Waals surface area contributed by atoms with Gasteiger partial charge in [-0.3, -0.25) is 4.98 Å². The molecule has 2 aromatic heterocycles. The minimum Gasteiger partial charge on any atom is -0.353 e. The summed E-state index contributed by atoms with van der Waals surface area (Å²) in [4.78, 5) is 10.5. The van der Waals surface area contributed by atoms with Crippen molar-refractivity contribution >= 4 is 26.8 Å². The molecule has 0 aromatic carbocycles. The van der Waals surface area contributed by atoms with E-state index in [-0.39, 0.29) is 10.6 Å². The van der Waals surface area contributed by atoms with Crippen LogP contribution in [0.2, 0.25) is 0 Å². The lowest BCUT2D eigenvalue weighted by atomic mass is 10.3. The summed E-state index contributed by atoms with van der Waals surface area (Å²) in [6.45, 7) is 1.83. The van der Waals surface area contributed by atoms with E-state index in [1.54, 1.807) is 30.7 Å². The smallest absolute Gasteiger partial charge is 0.245 e. The number of aromatic nitrogens is 4. The molecule has 0 saturated carbocycles. The number of nitrogens with zero attached hydrogens (tertiary/aromatic N) is 6. The van der Waals surface area contributed by atoms with Crippen LogP contribution in [0.4, 0.5) is 5.82 Å². The van der Waals surface area contributed by atoms with E-state index in [4.69, 9.17) is 4.63 Å². The van der Waals surface area contributed by atoms with E-state index < -0.39 is 10.0 Å². The van der Waals surface area contributed by atoms with Crippen molar-refractivity contribution in [2.24, 2.45) is 0 Å². The number of piperazine rings is 1. The third kappa shape index (κ3) is 2.94. The highest BCUT2D eigenvalue weighted by Crippen LogP contribution is 2.29. The number of hydrogen-bond donors (Lipinski definition) is 0. The standard InChI is InChI=1S/C15H16N6O3S/c22-25(23,13-4-2-1-3-12-15(13)19-24-18-12)21-9-7-20(8-10-21)14-11-16-5-6-17-14/h1,3-6,11H,2,7-10H2. The Morgan fingerprint density at radius 1 is 1.08 bits per heavy atom. The SMILES string of the molecule is O=S(=O)(C1=CCC=Cc2nonc21)N1CCN(c2cnccn2)CC1. The molecular weight excluding hydrogens is 344 g/mol. The maximum atomic E-state index is 13.1. The largest absolute Gasteiger partial charge is 0.353 e. The Labute approximate surface area is 144 Å². The van der Waals surface area contributed by atoms with Crippen LogP contribution in [0.3, 0.4) is 0 Å². The number of rotatable bonds is 3. The van der Waals surface area contributed by atoms with Gasteiger partial charge in [0.1, 0.15) is 16.4 Å². The summed E-state index contributed by atoms with van der Waals surface area (Å²) in [5.41, 5.74) is 0.704. The molecule has 4 rings (SSSR count). The van der Waals surface area contributed by atoms with E-state index in [2.05, 4.69) is 20.3 Å². The van der Waals surface area contributed by atoms with Crippen LogP contribution in [0.15, 0.2) is 35.4 Å². The van der Waals surface area contributed by atoms with Gasteiger partial charge in [0.2, 0.25) is 10.0 Å². The Morgan fingerprint density at radius 3 is 2.68 bits per heavy atom. The summed E-state index contributed by atoms with van der Waals surface area (Å²) >= 11 is 0. The Kier molecular flexibility index (Phi) is 4.06. The summed E-state index contributed by atoms with van der Waals surface area (Å²) in [5, 5.41) is 7.54. The second-order valence-electron chi connectivity index (χ2n) is 5.66. The maximum Gasteiger partial charge on any atom is 0.245 e. The van der Waals surface area contributed by atoms with Gasteiger partial charge in [-0.1, -0.05) is 12.2 Å². The fraction of sp³-hybridized carbons (Fsp3) is 0.333. The van der Waals surface area contributed by atoms with Crippen LogP contribution in [0.25, 0.3) is 11.0 Å². The number of sulfonamides is 1. The monoisotopic (exact) mass is 360 g/mol. The molecule has 130 valence electrons.